The maximum atomic E-state index is 5.28. The molecule has 0 amide bonds. The van der Waals surface area contributed by atoms with Gasteiger partial charge in [0.1, 0.15) is 0 Å². The Hall–Kier alpha value is -0.680. The number of ether oxygens (including phenoxy) is 2. The van der Waals surface area contributed by atoms with E-state index < -0.39 is 0 Å². The minimum atomic E-state index is 0.548. The predicted molar refractivity (Wildman–Crippen MR) is 49.6 cm³/mol. The second-order valence-corrected chi connectivity index (χ2v) is 3.44. The van der Waals surface area contributed by atoms with Crippen LogP contribution in [-0.2, 0) is 17.8 Å². The van der Waals surface area contributed by atoms with Crippen LogP contribution in [-0.4, -0.2) is 23.7 Å². The summed E-state index contributed by atoms with van der Waals surface area (Å²) >= 11 is 3.22. The Kier molecular flexibility index (Phi) is 2.46. The Bertz CT molecular complexity index is 313. The van der Waals surface area contributed by atoms with Crippen LogP contribution in [0.2, 0.25) is 0 Å². The first-order valence-corrected chi connectivity index (χ1v) is 4.77. The largest absolute Gasteiger partial charge is 0.481 e. The van der Waals surface area contributed by atoms with E-state index >= 15 is 0 Å². The lowest BCUT2D eigenvalue weighted by molar-refractivity contribution is 0.105. The maximum absolute atomic E-state index is 5.28. The molecule has 0 N–H and O–H groups in total. The van der Waals surface area contributed by atoms with Gasteiger partial charge in [-0.15, -0.1) is 0 Å². The highest BCUT2D eigenvalue weighted by atomic mass is 79.9. The summed E-state index contributed by atoms with van der Waals surface area (Å²) in [5, 5.41) is 0. The third-order valence-corrected chi connectivity index (χ3v) is 2.31. The lowest BCUT2D eigenvalue weighted by atomic mass is 10.1. The highest BCUT2D eigenvalue weighted by Gasteiger charge is 2.17. The van der Waals surface area contributed by atoms with Crippen molar-refractivity contribution >= 4 is 15.9 Å². The predicted octanol–water partition coefficient (Wildman–Crippen LogP) is 1.32. The van der Waals surface area contributed by atoms with Gasteiger partial charge in [-0.1, -0.05) is 0 Å². The van der Waals surface area contributed by atoms with Crippen LogP contribution < -0.4 is 4.74 Å². The molecule has 1 aliphatic heterocycles. The molecule has 13 heavy (non-hydrogen) atoms. The summed E-state index contributed by atoms with van der Waals surface area (Å²) in [5.41, 5.74) is 1.99. The quantitative estimate of drug-likeness (QED) is 0.700. The SMILES string of the molecule is COc1nc(Br)nc2c1CCOC2. The monoisotopic (exact) mass is 244 g/mol. The number of halogens is 1. The van der Waals surface area contributed by atoms with E-state index in [9.17, 15) is 0 Å². The molecule has 0 spiro atoms. The zero-order valence-electron chi connectivity index (χ0n) is 7.21. The molecule has 2 rings (SSSR count). The molecular formula is C8H9BrN2O2. The van der Waals surface area contributed by atoms with Crippen molar-refractivity contribution in [2.24, 2.45) is 0 Å². The van der Waals surface area contributed by atoms with Crippen molar-refractivity contribution in [3.63, 3.8) is 0 Å². The number of fused-ring (bicyclic) bond motifs is 1. The van der Waals surface area contributed by atoms with Crippen LogP contribution in [0.25, 0.3) is 0 Å². The number of hydrogen-bond acceptors (Lipinski definition) is 4. The first-order valence-electron chi connectivity index (χ1n) is 3.98. The molecule has 5 heteroatoms. The average Bonchev–Trinajstić information content (AvgIpc) is 2.16. The van der Waals surface area contributed by atoms with Crippen LogP contribution >= 0.6 is 15.9 Å². The smallest absolute Gasteiger partial charge is 0.220 e. The molecule has 70 valence electrons. The van der Waals surface area contributed by atoms with Crippen molar-refractivity contribution in [2.75, 3.05) is 13.7 Å². The number of aromatic nitrogens is 2. The van der Waals surface area contributed by atoms with E-state index in [0.717, 1.165) is 17.7 Å². The number of rotatable bonds is 1. The lowest BCUT2D eigenvalue weighted by Gasteiger charge is -2.17. The standard InChI is InChI=1S/C8H9BrN2O2/c1-12-7-5-2-3-13-4-6(5)10-8(9)11-7/h2-4H2,1H3. The van der Waals surface area contributed by atoms with Gasteiger partial charge in [-0.3, -0.25) is 0 Å². The van der Waals surface area contributed by atoms with E-state index in [0.29, 0.717) is 23.8 Å². The second kappa shape index (κ2) is 3.59. The fourth-order valence-corrected chi connectivity index (χ4v) is 1.74. The minimum Gasteiger partial charge on any atom is -0.481 e. The summed E-state index contributed by atoms with van der Waals surface area (Å²) in [6, 6.07) is 0. The molecule has 4 nitrogen and oxygen atoms in total. The van der Waals surface area contributed by atoms with Crippen molar-refractivity contribution in [3.8, 4) is 5.88 Å². The van der Waals surface area contributed by atoms with Crippen molar-refractivity contribution in [1.82, 2.24) is 9.97 Å². The van der Waals surface area contributed by atoms with Gasteiger partial charge < -0.3 is 9.47 Å². The third kappa shape index (κ3) is 1.66. The van der Waals surface area contributed by atoms with Crippen LogP contribution in [0.15, 0.2) is 4.73 Å². The fourth-order valence-electron chi connectivity index (χ4n) is 1.36. The molecule has 0 fully saturated rings. The molecule has 0 aromatic carbocycles. The summed E-state index contributed by atoms with van der Waals surface area (Å²) in [7, 11) is 1.62. The zero-order chi connectivity index (χ0) is 9.26. The molecule has 2 heterocycles. The molecule has 0 saturated carbocycles. The molecule has 1 aromatic rings. The summed E-state index contributed by atoms with van der Waals surface area (Å²) < 4.78 is 11.0. The Morgan fingerprint density at radius 1 is 1.46 bits per heavy atom. The summed E-state index contributed by atoms with van der Waals surface area (Å²) in [4.78, 5) is 8.36. The first-order chi connectivity index (χ1) is 6.31. The number of hydrogen-bond donors (Lipinski definition) is 0. The molecule has 0 unspecified atom stereocenters. The molecule has 0 atom stereocenters. The molecule has 0 bridgehead atoms. The van der Waals surface area contributed by atoms with Crippen LogP contribution in [0, 0.1) is 0 Å². The average molecular weight is 245 g/mol. The highest BCUT2D eigenvalue weighted by Crippen LogP contribution is 2.24. The first kappa shape index (κ1) is 8.90. The van der Waals surface area contributed by atoms with Crippen molar-refractivity contribution in [2.45, 2.75) is 13.0 Å². The van der Waals surface area contributed by atoms with Crippen molar-refractivity contribution < 1.29 is 9.47 Å². The van der Waals surface area contributed by atoms with E-state index in [4.69, 9.17) is 9.47 Å². The van der Waals surface area contributed by atoms with Gasteiger partial charge in [0.15, 0.2) is 4.73 Å². The van der Waals surface area contributed by atoms with Gasteiger partial charge >= 0.3 is 0 Å². The second-order valence-electron chi connectivity index (χ2n) is 2.73. The number of nitrogens with zero attached hydrogens (tertiary/aromatic N) is 2. The van der Waals surface area contributed by atoms with Gasteiger partial charge in [0.25, 0.3) is 0 Å². The van der Waals surface area contributed by atoms with Gasteiger partial charge in [-0.05, 0) is 15.9 Å². The fraction of sp³-hybridized carbons (Fsp3) is 0.500. The molecule has 0 saturated heterocycles. The lowest BCUT2D eigenvalue weighted by Crippen LogP contribution is -2.14. The summed E-state index contributed by atoms with van der Waals surface area (Å²) in [5.74, 6) is 0.653. The highest BCUT2D eigenvalue weighted by molar-refractivity contribution is 9.10. The van der Waals surface area contributed by atoms with E-state index in [1.54, 1.807) is 7.11 Å². The van der Waals surface area contributed by atoms with Gasteiger partial charge in [0, 0.05) is 12.0 Å². The van der Waals surface area contributed by atoms with Crippen LogP contribution in [0.4, 0.5) is 0 Å². The zero-order valence-corrected chi connectivity index (χ0v) is 8.80. The molecular weight excluding hydrogens is 236 g/mol. The summed E-state index contributed by atoms with van der Waals surface area (Å²) in [6.07, 6.45) is 0.825. The van der Waals surface area contributed by atoms with Crippen molar-refractivity contribution in [3.05, 3.63) is 16.0 Å². The Morgan fingerprint density at radius 2 is 2.31 bits per heavy atom. The van der Waals surface area contributed by atoms with E-state index in [1.165, 1.54) is 0 Å². The third-order valence-electron chi connectivity index (χ3n) is 1.96. The molecule has 1 aliphatic rings. The van der Waals surface area contributed by atoms with Gasteiger partial charge in [0.2, 0.25) is 5.88 Å². The molecule has 0 radical (unpaired) electrons. The normalized spacial score (nSPS) is 15.2. The van der Waals surface area contributed by atoms with Crippen LogP contribution in [0.3, 0.4) is 0 Å². The maximum Gasteiger partial charge on any atom is 0.220 e. The summed E-state index contributed by atoms with van der Waals surface area (Å²) in [6.45, 7) is 1.27. The van der Waals surface area contributed by atoms with E-state index in [1.807, 2.05) is 0 Å². The Balaban J connectivity index is 2.50. The molecule has 0 aliphatic carbocycles. The number of methoxy groups -OCH3 is 1. The minimum absolute atomic E-state index is 0.548. The van der Waals surface area contributed by atoms with Gasteiger partial charge in [0.05, 0.1) is 26.0 Å². The Labute approximate surface area is 84.4 Å². The van der Waals surface area contributed by atoms with Crippen molar-refractivity contribution in [1.29, 1.82) is 0 Å². The molecule has 1 aromatic heterocycles. The van der Waals surface area contributed by atoms with Gasteiger partial charge in [-0.25, -0.2) is 4.98 Å². The van der Waals surface area contributed by atoms with Crippen LogP contribution in [0.1, 0.15) is 11.3 Å². The topological polar surface area (TPSA) is 44.2 Å². The van der Waals surface area contributed by atoms with Gasteiger partial charge in [-0.2, -0.15) is 4.98 Å². The van der Waals surface area contributed by atoms with E-state index in [-0.39, 0.29) is 0 Å². The van der Waals surface area contributed by atoms with Crippen LogP contribution in [0.5, 0.6) is 5.88 Å². The Morgan fingerprint density at radius 3 is 3.08 bits per heavy atom. The van der Waals surface area contributed by atoms with E-state index in [2.05, 4.69) is 25.9 Å².